The summed E-state index contributed by atoms with van der Waals surface area (Å²) in [7, 11) is 0. The third-order valence-corrected chi connectivity index (χ3v) is 3.70. The number of hydrogen-bond donors (Lipinski definition) is 0. The van der Waals surface area contributed by atoms with E-state index in [9.17, 15) is 22.4 Å². The minimum Gasteiger partial charge on any atom is -0.287 e. The zero-order valence-electron chi connectivity index (χ0n) is 10.3. The summed E-state index contributed by atoms with van der Waals surface area (Å²) in [6.07, 6.45) is -2.46. The summed E-state index contributed by atoms with van der Waals surface area (Å²) < 4.78 is 51.2. The van der Waals surface area contributed by atoms with E-state index in [0.29, 0.717) is 5.39 Å². The molecule has 1 aliphatic rings. The molecular weight excluding hydrogens is 272 g/mol. The third kappa shape index (κ3) is 1.72. The van der Waals surface area contributed by atoms with Gasteiger partial charge in [0.25, 0.3) is 0 Å². The molecule has 0 fully saturated rings. The van der Waals surface area contributed by atoms with Crippen LogP contribution < -0.4 is 0 Å². The minimum absolute atomic E-state index is 0.335. The second kappa shape index (κ2) is 4.30. The zero-order valence-corrected chi connectivity index (χ0v) is 10.3. The lowest BCUT2D eigenvalue weighted by Crippen LogP contribution is -2.36. The molecule has 0 saturated carbocycles. The zero-order chi connectivity index (χ0) is 14.5. The number of hydrogen-bond acceptors (Lipinski definition) is 1. The van der Waals surface area contributed by atoms with Gasteiger partial charge in [0.15, 0.2) is 0 Å². The first kappa shape index (κ1) is 13.1. The highest BCUT2D eigenvalue weighted by Gasteiger charge is 2.49. The molecule has 0 spiro atoms. The van der Waals surface area contributed by atoms with Gasteiger partial charge >= 0.3 is 12.3 Å². The average molecular weight is 282 g/mol. The Labute approximate surface area is 112 Å². The van der Waals surface area contributed by atoms with Gasteiger partial charge in [0, 0.05) is 5.56 Å². The summed E-state index contributed by atoms with van der Waals surface area (Å²) in [6, 6.07) is 7.85. The molecular formula is C15H10F4O. The van der Waals surface area contributed by atoms with E-state index in [1.807, 2.05) is 6.07 Å². The number of rotatable bonds is 3. The molecule has 0 saturated heterocycles. The molecule has 1 nitrogen and oxygen atoms in total. The Morgan fingerprint density at radius 2 is 1.70 bits per heavy atom. The fourth-order valence-electron chi connectivity index (χ4n) is 2.72. The van der Waals surface area contributed by atoms with Crippen LogP contribution in [0.4, 0.5) is 17.6 Å². The SMILES string of the molecule is O=C(c1ccc2c3c(cccc13)CC2)C(F)(F)C(F)F. The quantitative estimate of drug-likeness (QED) is 0.614. The molecule has 0 radical (unpaired) electrons. The maximum Gasteiger partial charge on any atom is 0.368 e. The van der Waals surface area contributed by atoms with Crippen LogP contribution in [0.5, 0.6) is 0 Å². The molecule has 0 amide bonds. The van der Waals surface area contributed by atoms with Crippen LogP contribution in [0, 0.1) is 0 Å². The molecule has 5 heteroatoms. The first-order valence-electron chi connectivity index (χ1n) is 6.17. The number of alkyl halides is 4. The molecule has 3 rings (SSSR count). The van der Waals surface area contributed by atoms with E-state index >= 15 is 0 Å². The third-order valence-electron chi connectivity index (χ3n) is 3.70. The molecule has 2 aromatic carbocycles. The van der Waals surface area contributed by atoms with E-state index in [1.165, 1.54) is 12.1 Å². The van der Waals surface area contributed by atoms with E-state index in [-0.39, 0.29) is 5.56 Å². The van der Waals surface area contributed by atoms with E-state index in [1.54, 1.807) is 12.1 Å². The molecule has 0 aliphatic heterocycles. The minimum atomic E-state index is -4.65. The van der Waals surface area contributed by atoms with E-state index < -0.39 is 18.1 Å². The summed E-state index contributed by atoms with van der Waals surface area (Å²) in [6.45, 7) is 0. The number of benzene rings is 2. The molecule has 0 atom stereocenters. The van der Waals surface area contributed by atoms with Crippen LogP contribution in [-0.2, 0) is 12.8 Å². The Morgan fingerprint density at radius 3 is 2.35 bits per heavy atom. The van der Waals surface area contributed by atoms with E-state index in [2.05, 4.69) is 0 Å². The maximum absolute atomic E-state index is 13.3. The van der Waals surface area contributed by atoms with Crippen molar-refractivity contribution in [1.82, 2.24) is 0 Å². The monoisotopic (exact) mass is 282 g/mol. The fraction of sp³-hybridized carbons (Fsp3) is 0.267. The van der Waals surface area contributed by atoms with Gasteiger partial charge in [-0.25, -0.2) is 8.78 Å². The van der Waals surface area contributed by atoms with Gasteiger partial charge in [0.1, 0.15) is 0 Å². The predicted octanol–water partition coefficient (Wildman–Crippen LogP) is 4.02. The number of Topliss-reactive ketones (excluding diaryl/α,β-unsaturated/α-hetero) is 1. The van der Waals surface area contributed by atoms with Crippen LogP contribution in [0.25, 0.3) is 10.8 Å². The van der Waals surface area contributed by atoms with Crippen molar-refractivity contribution in [2.75, 3.05) is 0 Å². The van der Waals surface area contributed by atoms with Crippen LogP contribution in [0.3, 0.4) is 0 Å². The van der Waals surface area contributed by atoms with Crippen molar-refractivity contribution in [3.63, 3.8) is 0 Å². The van der Waals surface area contributed by atoms with Crippen LogP contribution >= 0.6 is 0 Å². The van der Waals surface area contributed by atoms with Gasteiger partial charge in [-0.15, -0.1) is 0 Å². The fourth-order valence-corrected chi connectivity index (χ4v) is 2.72. The second-order valence-electron chi connectivity index (χ2n) is 4.86. The molecule has 0 heterocycles. The van der Waals surface area contributed by atoms with E-state index in [0.717, 1.165) is 29.4 Å². The van der Waals surface area contributed by atoms with Gasteiger partial charge in [0.05, 0.1) is 0 Å². The lowest BCUT2D eigenvalue weighted by atomic mass is 9.95. The second-order valence-corrected chi connectivity index (χ2v) is 4.86. The Bertz CT molecular complexity index is 696. The van der Waals surface area contributed by atoms with Crippen LogP contribution in [0.15, 0.2) is 30.3 Å². The van der Waals surface area contributed by atoms with Gasteiger partial charge in [0.2, 0.25) is 5.78 Å². The number of carbonyl (C=O) groups excluding carboxylic acids is 1. The first-order valence-corrected chi connectivity index (χ1v) is 6.17. The van der Waals surface area contributed by atoms with Gasteiger partial charge in [-0.1, -0.05) is 30.3 Å². The van der Waals surface area contributed by atoms with Crippen molar-refractivity contribution >= 4 is 16.6 Å². The number of carbonyl (C=O) groups is 1. The maximum atomic E-state index is 13.3. The summed E-state index contributed by atoms with van der Waals surface area (Å²) in [5, 5.41) is 1.09. The number of ketones is 1. The molecule has 1 aliphatic carbocycles. The van der Waals surface area contributed by atoms with Gasteiger partial charge in [-0.3, -0.25) is 4.79 Å². The van der Waals surface area contributed by atoms with E-state index in [4.69, 9.17) is 0 Å². The smallest absolute Gasteiger partial charge is 0.287 e. The standard InChI is InChI=1S/C15H10F4O/c16-14(17)15(18,19)13(20)11-7-6-9-5-4-8-2-1-3-10(11)12(8)9/h1-3,6-7,14H,4-5H2. The molecule has 20 heavy (non-hydrogen) atoms. The average Bonchev–Trinajstić information content (AvgIpc) is 2.84. The van der Waals surface area contributed by atoms with Crippen molar-refractivity contribution in [3.8, 4) is 0 Å². The summed E-state index contributed by atoms with van der Waals surface area (Å²) in [4.78, 5) is 11.7. The van der Waals surface area contributed by atoms with Gasteiger partial charge in [-0.05, 0) is 34.7 Å². The highest BCUT2D eigenvalue weighted by Crippen LogP contribution is 2.36. The van der Waals surface area contributed by atoms with Crippen molar-refractivity contribution < 1.29 is 22.4 Å². The molecule has 0 bridgehead atoms. The highest BCUT2D eigenvalue weighted by atomic mass is 19.3. The predicted molar refractivity (Wildman–Crippen MR) is 66.6 cm³/mol. The Kier molecular flexibility index (Phi) is 2.81. The lowest BCUT2D eigenvalue weighted by molar-refractivity contribution is -0.0957. The largest absolute Gasteiger partial charge is 0.368 e. The lowest BCUT2D eigenvalue weighted by Gasteiger charge is -2.15. The highest BCUT2D eigenvalue weighted by molar-refractivity contribution is 6.13. The van der Waals surface area contributed by atoms with Crippen molar-refractivity contribution in [2.24, 2.45) is 0 Å². The number of aryl methyl sites for hydroxylation is 2. The van der Waals surface area contributed by atoms with Crippen molar-refractivity contribution in [3.05, 3.63) is 47.0 Å². The van der Waals surface area contributed by atoms with Crippen molar-refractivity contribution in [1.29, 1.82) is 0 Å². The summed E-state index contributed by atoms with van der Waals surface area (Å²) in [5.74, 6) is -6.47. The topological polar surface area (TPSA) is 17.1 Å². The van der Waals surface area contributed by atoms with Crippen LogP contribution in [0.1, 0.15) is 21.5 Å². The molecule has 104 valence electrons. The molecule has 0 aromatic heterocycles. The van der Waals surface area contributed by atoms with Crippen LogP contribution in [0.2, 0.25) is 0 Å². The number of halogens is 4. The Balaban J connectivity index is 2.22. The van der Waals surface area contributed by atoms with Crippen molar-refractivity contribution in [2.45, 2.75) is 25.2 Å². The van der Waals surface area contributed by atoms with Gasteiger partial charge in [-0.2, -0.15) is 8.78 Å². The van der Waals surface area contributed by atoms with Gasteiger partial charge < -0.3 is 0 Å². The summed E-state index contributed by atoms with van der Waals surface area (Å²) in [5.41, 5.74) is 1.60. The normalized spacial score (nSPS) is 14.2. The molecule has 0 N–H and O–H groups in total. The van der Waals surface area contributed by atoms with Crippen LogP contribution in [-0.4, -0.2) is 18.1 Å². The Morgan fingerprint density at radius 1 is 1.05 bits per heavy atom. The Hall–Kier alpha value is -1.91. The molecule has 2 aromatic rings. The summed E-state index contributed by atoms with van der Waals surface area (Å²) >= 11 is 0. The molecule has 0 unspecified atom stereocenters. The first-order chi connectivity index (χ1) is 9.43.